The Kier molecular flexibility index (Phi) is 4.25. The Morgan fingerprint density at radius 3 is 2.41 bits per heavy atom. The minimum Gasteiger partial charge on any atom is -0.356 e. The van der Waals surface area contributed by atoms with Crippen LogP contribution in [-0.2, 0) is 16.9 Å². The van der Waals surface area contributed by atoms with Crippen molar-refractivity contribution in [2.75, 3.05) is 7.11 Å². The third kappa shape index (κ3) is 2.79. The van der Waals surface area contributed by atoms with Crippen molar-refractivity contribution in [1.82, 2.24) is 14.9 Å². The topological polar surface area (TPSA) is 41.1 Å². The maximum Gasteiger partial charge on any atom is 0.184 e. The van der Waals surface area contributed by atoms with Gasteiger partial charge in [-0.1, -0.05) is 48.9 Å². The number of hydrogen-bond donors (Lipinski definition) is 1. The molecule has 27 heavy (non-hydrogen) atoms. The molecule has 3 aromatic rings. The monoisotopic (exact) mass is 361 g/mol. The molecule has 2 aromatic carbocycles. The maximum absolute atomic E-state index is 6.41. The number of aromatic amines is 1. The van der Waals surface area contributed by atoms with E-state index in [-0.39, 0.29) is 0 Å². The number of rotatable bonds is 5. The molecule has 4 heteroatoms. The third-order valence-corrected chi connectivity index (χ3v) is 6.50. The largest absolute Gasteiger partial charge is 0.356 e. The molecular formula is C23H27N3O. The second-order valence-electron chi connectivity index (χ2n) is 7.98. The fourth-order valence-corrected chi connectivity index (χ4v) is 5.29. The van der Waals surface area contributed by atoms with Gasteiger partial charge in [0, 0.05) is 25.6 Å². The second-order valence-corrected chi connectivity index (χ2v) is 7.98. The lowest BCUT2D eigenvalue weighted by molar-refractivity contribution is -0.179. The Morgan fingerprint density at radius 2 is 1.70 bits per heavy atom. The van der Waals surface area contributed by atoms with E-state index in [2.05, 4.69) is 58.4 Å². The molecule has 1 aromatic heterocycles. The average molecular weight is 361 g/mol. The van der Waals surface area contributed by atoms with Crippen molar-refractivity contribution in [3.05, 3.63) is 66.0 Å². The number of ether oxygens (including phenoxy) is 1. The van der Waals surface area contributed by atoms with E-state index in [9.17, 15) is 0 Å². The second kappa shape index (κ2) is 6.77. The van der Waals surface area contributed by atoms with Crippen molar-refractivity contribution in [3.63, 3.8) is 0 Å². The molecule has 0 spiro atoms. The van der Waals surface area contributed by atoms with Crippen LogP contribution in [0.25, 0.3) is 11.0 Å². The molecule has 3 unspecified atom stereocenters. The average Bonchev–Trinajstić information content (AvgIpc) is 3.26. The molecule has 5 rings (SSSR count). The molecule has 0 radical (unpaired) electrons. The molecule has 2 saturated heterocycles. The molecule has 2 aliphatic heterocycles. The zero-order valence-electron chi connectivity index (χ0n) is 15.9. The van der Waals surface area contributed by atoms with E-state index >= 15 is 0 Å². The third-order valence-electron chi connectivity index (χ3n) is 6.50. The van der Waals surface area contributed by atoms with E-state index in [0.717, 1.165) is 23.3 Å². The zero-order valence-corrected chi connectivity index (χ0v) is 15.9. The highest BCUT2D eigenvalue weighted by molar-refractivity contribution is 5.75. The number of para-hydroxylation sites is 2. The lowest BCUT2D eigenvalue weighted by Gasteiger charge is -2.48. The van der Waals surface area contributed by atoms with Crippen molar-refractivity contribution in [2.24, 2.45) is 0 Å². The molecule has 140 valence electrons. The first-order valence-corrected chi connectivity index (χ1v) is 10.1. The normalized spacial score (nSPS) is 24.9. The molecule has 4 nitrogen and oxygen atoms in total. The minimum atomic E-state index is -0.549. The van der Waals surface area contributed by atoms with Gasteiger partial charge in [-0.15, -0.1) is 0 Å². The van der Waals surface area contributed by atoms with Gasteiger partial charge >= 0.3 is 0 Å². The molecule has 1 N–H and O–H groups in total. The van der Waals surface area contributed by atoms with E-state index in [1.54, 1.807) is 0 Å². The van der Waals surface area contributed by atoms with Crippen molar-refractivity contribution >= 4 is 11.0 Å². The summed E-state index contributed by atoms with van der Waals surface area (Å²) >= 11 is 0. The molecular weight excluding hydrogens is 334 g/mol. The number of imidazole rings is 1. The summed E-state index contributed by atoms with van der Waals surface area (Å²) in [5.74, 6) is 0.939. The molecule has 2 fully saturated rings. The number of hydrogen-bond acceptors (Lipinski definition) is 3. The van der Waals surface area contributed by atoms with Crippen LogP contribution in [-0.4, -0.2) is 34.1 Å². The highest BCUT2D eigenvalue weighted by Gasteiger charge is 2.52. The van der Waals surface area contributed by atoms with E-state index in [4.69, 9.17) is 9.72 Å². The van der Waals surface area contributed by atoms with Crippen molar-refractivity contribution in [1.29, 1.82) is 0 Å². The van der Waals surface area contributed by atoms with Gasteiger partial charge in [0.1, 0.15) is 0 Å². The van der Waals surface area contributed by atoms with Gasteiger partial charge < -0.3 is 9.72 Å². The molecule has 0 amide bonds. The Hall–Kier alpha value is -2.17. The van der Waals surface area contributed by atoms with Gasteiger partial charge in [0.25, 0.3) is 0 Å². The lowest BCUT2D eigenvalue weighted by Crippen LogP contribution is -2.57. The number of methoxy groups -OCH3 is 1. The lowest BCUT2D eigenvalue weighted by atomic mass is 9.93. The fraction of sp³-hybridized carbons (Fsp3) is 0.435. The van der Waals surface area contributed by atoms with Crippen LogP contribution in [0.4, 0.5) is 0 Å². The predicted octanol–water partition coefficient (Wildman–Crippen LogP) is 4.62. The number of fused-ring (bicyclic) bond motifs is 3. The van der Waals surface area contributed by atoms with Crippen LogP contribution >= 0.6 is 0 Å². The number of nitrogens with zero attached hydrogens (tertiary/aromatic N) is 2. The van der Waals surface area contributed by atoms with Crippen molar-refractivity contribution in [3.8, 4) is 0 Å². The highest BCUT2D eigenvalue weighted by atomic mass is 16.5. The van der Waals surface area contributed by atoms with Gasteiger partial charge in [-0.3, -0.25) is 4.90 Å². The Labute approximate surface area is 160 Å². The summed E-state index contributed by atoms with van der Waals surface area (Å²) in [5.41, 5.74) is 2.81. The zero-order chi connectivity index (χ0) is 18.3. The van der Waals surface area contributed by atoms with Gasteiger partial charge in [-0.25, -0.2) is 4.98 Å². The van der Waals surface area contributed by atoms with E-state index < -0.39 is 5.72 Å². The summed E-state index contributed by atoms with van der Waals surface area (Å²) in [4.78, 5) is 11.3. The minimum absolute atomic E-state index is 0.549. The summed E-state index contributed by atoms with van der Waals surface area (Å²) in [6.07, 6.45) is 7.19. The molecule has 3 atom stereocenters. The smallest absolute Gasteiger partial charge is 0.184 e. The first-order chi connectivity index (χ1) is 13.3. The molecule has 0 saturated carbocycles. The van der Waals surface area contributed by atoms with Crippen LogP contribution in [0.15, 0.2) is 54.6 Å². The van der Waals surface area contributed by atoms with E-state index in [1.807, 2.05) is 13.2 Å². The highest BCUT2D eigenvalue weighted by Crippen LogP contribution is 2.46. The summed E-state index contributed by atoms with van der Waals surface area (Å²) in [5, 5.41) is 0. The summed E-state index contributed by atoms with van der Waals surface area (Å²) in [7, 11) is 1.85. The van der Waals surface area contributed by atoms with Crippen molar-refractivity contribution < 1.29 is 4.74 Å². The Balaban J connectivity index is 1.66. The maximum atomic E-state index is 6.41. The first-order valence-electron chi connectivity index (χ1n) is 10.1. The van der Waals surface area contributed by atoms with Gasteiger partial charge in [0.2, 0.25) is 0 Å². The van der Waals surface area contributed by atoms with Crippen LogP contribution in [0.1, 0.15) is 43.5 Å². The van der Waals surface area contributed by atoms with Gasteiger partial charge in [0.05, 0.1) is 11.0 Å². The van der Waals surface area contributed by atoms with Crippen molar-refractivity contribution in [2.45, 2.75) is 56.3 Å². The van der Waals surface area contributed by atoms with Gasteiger partial charge in [-0.2, -0.15) is 0 Å². The standard InChI is InChI=1S/C23H27N3O/c1-27-23(16-17-8-3-2-4-9-17,26-18-10-7-11-19(26)15-14-18)22-24-20-12-5-6-13-21(20)25-22/h2-6,8-9,12-13,18-19H,7,10-11,14-16H2,1H3,(H,24,25). The predicted molar refractivity (Wildman–Crippen MR) is 107 cm³/mol. The number of H-pyrrole nitrogens is 1. The number of piperidine rings is 1. The van der Waals surface area contributed by atoms with E-state index in [0.29, 0.717) is 12.1 Å². The molecule has 0 aliphatic carbocycles. The molecule has 3 heterocycles. The summed E-state index contributed by atoms with van der Waals surface area (Å²) in [6, 6.07) is 20.1. The number of benzene rings is 2. The molecule has 2 bridgehead atoms. The fourth-order valence-electron chi connectivity index (χ4n) is 5.29. The summed E-state index contributed by atoms with van der Waals surface area (Å²) < 4.78 is 6.41. The van der Waals surface area contributed by atoms with Crippen LogP contribution in [0.3, 0.4) is 0 Å². The van der Waals surface area contributed by atoms with Crippen LogP contribution in [0.5, 0.6) is 0 Å². The van der Waals surface area contributed by atoms with Crippen LogP contribution in [0, 0.1) is 0 Å². The number of nitrogens with one attached hydrogen (secondary N) is 1. The SMILES string of the molecule is COC(Cc1ccccc1)(c1nc2ccccc2[nH]1)N1C2CCCC1CC2. The van der Waals surface area contributed by atoms with Gasteiger partial charge in [0.15, 0.2) is 11.5 Å². The first kappa shape index (κ1) is 17.0. The van der Waals surface area contributed by atoms with Crippen LogP contribution < -0.4 is 0 Å². The number of aromatic nitrogens is 2. The van der Waals surface area contributed by atoms with Gasteiger partial charge in [-0.05, 0) is 43.4 Å². The molecule has 2 aliphatic rings. The van der Waals surface area contributed by atoms with E-state index in [1.165, 1.54) is 37.7 Å². The summed E-state index contributed by atoms with van der Waals surface area (Å²) in [6.45, 7) is 0. The van der Waals surface area contributed by atoms with Crippen LogP contribution in [0.2, 0.25) is 0 Å². The Bertz CT molecular complexity index is 873. The Morgan fingerprint density at radius 1 is 1.00 bits per heavy atom. The quantitative estimate of drug-likeness (QED) is 0.721.